The van der Waals surface area contributed by atoms with Crippen molar-refractivity contribution in [1.82, 2.24) is 14.7 Å². The first kappa shape index (κ1) is 16.8. The number of aromatic nitrogens is 2. The van der Waals surface area contributed by atoms with Gasteiger partial charge in [-0.15, -0.1) is 0 Å². The maximum atomic E-state index is 6.06. The van der Waals surface area contributed by atoms with E-state index in [0.29, 0.717) is 30.3 Å². The van der Waals surface area contributed by atoms with Gasteiger partial charge in [0.25, 0.3) is 0 Å². The van der Waals surface area contributed by atoms with E-state index in [4.69, 9.17) is 10.5 Å². The molecule has 0 unspecified atom stereocenters. The van der Waals surface area contributed by atoms with Crippen molar-refractivity contribution in [3.8, 4) is 5.88 Å². The molecular weight excluding hydrogens is 252 g/mol. The van der Waals surface area contributed by atoms with Gasteiger partial charge in [0.05, 0.1) is 11.7 Å². The summed E-state index contributed by atoms with van der Waals surface area (Å²) in [6, 6.07) is 1.26. The van der Waals surface area contributed by atoms with Crippen LogP contribution in [0.15, 0.2) is 0 Å². The number of ether oxygens (including phenoxy) is 1. The molecule has 116 valence electrons. The first-order valence-corrected chi connectivity index (χ1v) is 7.48. The zero-order valence-electron chi connectivity index (χ0n) is 14.0. The van der Waals surface area contributed by atoms with Crippen LogP contribution in [0.5, 0.6) is 5.88 Å². The smallest absolute Gasteiger partial charge is 0.236 e. The summed E-state index contributed by atoms with van der Waals surface area (Å²) in [6.07, 6.45) is 0. The maximum Gasteiger partial charge on any atom is 0.236 e. The summed E-state index contributed by atoms with van der Waals surface area (Å²) in [5.74, 6) is 0.699. The molecule has 0 atom stereocenters. The topological polar surface area (TPSA) is 56.3 Å². The summed E-state index contributed by atoms with van der Waals surface area (Å²) in [6.45, 7) is 16.4. The molecule has 20 heavy (non-hydrogen) atoms. The van der Waals surface area contributed by atoms with E-state index in [0.717, 1.165) is 12.2 Å². The fourth-order valence-electron chi connectivity index (χ4n) is 2.39. The molecule has 1 aromatic heterocycles. The maximum absolute atomic E-state index is 6.06. The summed E-state index contributed by atoms with van der Waals surface area (Å²) in [5.41, 5.74) is 7.54. The standard InChI is InChI=1S/C15H30N4O/c1-10(2)18(11(3)4)8-9-20-15-14(16)13(7)17-19(15)12(5)6/h10-12H,8-9,16H2,1-7H3. The van der Waals surface area contributed by atoms with Gasteiger partial charge in [0.15, 0.2) is 0 Å². The van der Waals surface area contributed by atoms with Gasteiger partial charge in [-0.3, -0.25) is 4.90 Å². The molecule has 1 rings (SSSR count). The van der Waals surface area contributed by atoms with E-state index in [-0.39, 0.29) is 6.04 Å². The van der Waals surface area contributed by atoms with Gasteiger partial charge >= 0.3 is 0 Å². The van der Waals surface area contributed by atoms with Crippen molar-refractivity contribution in [2.45, 2.75) is 66.6 Å². The summed E-state index contributed by atoms with van der Waals surface area (Å²) < 4.78 is 7.78. The average Bonchev–Trinajstić information content (AvgIpc) is 2.61. The Morgan fingerprint density at radius 2 is 1.70 bits per heavy atom. The molecule has 5 heteroatoms. The Hall–Kier alpha value is -1.23. The summed E-state index contributed by atoms with van der Waals surface area (Å²) in [5, 5.41) is 4.43. The summed E-state index contributed by atoms with van der Waals surface area (Å²) in [4.78, 5) is 2.40. The van der Waals surface area contributed by atoms with E-state index < -0.39 is 0 Å². The molecule has 2 N–H and O–H groups in total. The largest absolute Gasteiger partial charge is 0.475 e. The molecule has 0 amide bonds. The Morgan fingerprint density at radius 1 is 1.15 bits per heavy atom. The third kappa shape index (κ3) is 3.88. The molecule has 0 saturated heterocycles. The van der Waals surface area contributed by atoms with Crippen LogP contribution < -0.4 is 10.5 Å². The van der Waals surface area contributed by atoms with E-state index in [1.165, 1.54) is 0 Å². The molecule has 0 radical (unpaired) electrons. The highest BCUT2D eigenvalue weighted by Crippen LogP contribution is 2.27. The Balaban J connectivity index is 2.70. The van der Waals surface area contributed by atoms with Crippen molar-refractivity contribution in [3.63, 3.8) is 0 Å². The molecule has 0 saturated carbocycles. The lowest BCUT2D eigenvalue weighted by atomic mass is 10.2. The van der Waals surface area contributed by atoms with E-state index >= 15 is 0 Å². The fraction of sp³-hybridized carbons (Fsp3) is 0.800. The van der Waals surface area contributed by atoms with Gasteiger partial charge in [0, 0.05) is 18.6 Å². The number of rotatable bonds is 7. The van der Waals surface area contributed by atoms with Crippen LogP contribution in [0.2, 0.25) is 0 Å². The van der Waals surface area contributed by atoms with E-state index in [1.54, 1.807) is 0 Å². The van der Waals surface area contributed by atoms with Crippen molar-refractivity contribution >= 4 is 5.69 Å². The average molecular weight is 282 g/mol. The predicted octanol–water partition coefficient (Wildman–Crippen LogP) is 2.85. The normalized spacial score (nSPS) is 12.2. The van der Waals surface area contributed by atoms with Gasteiger partial charge in [-0.1, -0.05) is 0 Å². The molecule has 0 aliphatic rings. The monoisotopic (exact) mass is 282 g/mol. The van der Waals surface area contributed by atoms with Gasteiger partial charge in [0.1, 0.15) is 12.3 Å². The lowest BCUT2D eigenvalue weighted by Gasteiger charge is -2.30. The zero-order valence-corrected chi connectivity index (χ0v) is 14.0. The predicted molar refractivity (Wildman–Crippen MR) is 84.2 cm³/mol. The van der Waals surface area contributed by atoms with Crippen LogP contribution in [0.3, 0.4) is 0 Å². The molecule has 5 nitrogen and oxygen atoms in total. The second-order valence-corrected chi connectivity index (χ2v) is 6.12. The number of hydrogen-bond acceptors (Lipinski definition) is 4. The van der Waals surface area contributed by atoms with Crippen LogP contribution in [0.25, 0.3) is 0 Å². The Bertz CT molecular complexity index is 416. The van der Waals surface area contributed by atoms with Gasteiger partial charge in [-0.05, 0) is 48.5 Å². The Kier molecular flexibility index (Phi) is 5.87. The van der Waals surface area contributed by atoms with Gasteiger partial charge in [-0.25, -0.2) is 4.68 Å². The minimum absolute atomic E-state index is 0.243. The fourth-order valence-corrected chi connectivity index (χ4v) is 2.39. The third-order valence-corrected chi connectivity index (χ3v) is 3.49. The minimum atomic E-state index is 0.243. The number of hydrogen-bond donors (Lipinski definition) is 1. The molecule has 1 aromatic rings. The van der Waals surface area contributed by atoms with Crippen LogP contribution >= 0.6 is 0 Å². The minimum Gasteiger partial charge on any atom is -0.475 e. The number of nitrogens with two attached hydrogens (primary N) is 1. The van der Waals surface area contributed by atoms with Gasteiger partial charge in [0.2, 0.25) is 5.88 Å². The van der Waals surface area contributed by atoms with Crippen molar-refractivity contribution in [1.29, 1.82) is 0 Å². The number of nitrogen functional groups attached to an aromatic ring is 1. The lowest BCUT2D eigenvalue weighted by Crippen LogP contribution is -2.39. The Morgan fingerprint density at radius 3 is 2.15 bits per heavy atom. The van der Waals surface area contributed by atoms with Crippen LogP contribution in [-0.2, 0) is 0 Å². The molecule has 0 aliphatic heterocycles. The second kappa shape index (κ2) is 6.97. The van der Waals surface area contributed by atoms with E-state index in [1.807, 2.05) is 11.6 Å². The van der Waals surface area contributed by atoms with Gasteiger partial charge in [-0.2, -0.15) is 5.10 Å². The first-order chi connectivity index (χ1) is 9.25. The Labute approximate surface area is 123 Å². The highest BCUT2D eigenvalue weighted by molar-refractivity contribution is 5.52. The van der Waals surface area contributed by atoms with Crippen LogP contribution in [0.1, 0.15) is 53.3 Å². The number of anilines is 1. The SMILES string of the molecule is Cc1nn(C(C)C)c(OCCN(C(C)C)C(C)C)c1N. The van der Waals surface area contributed by atoms with Gasteiger partial charge < -0.3 is 10.5 Å². The van der Waals surface area contributed by atoms with Crippen molar-refractivity contribution in [2.24, 2.45) is 0 Å². The first-order valence-electron chi connectivity index (χ1n) is 7.48. The molecule has 0 spiro atoms. The van der Waals surface area contributed by atoms with Crippen molar-refractivity contribution in [3.05, 3.63) is 5.69 Å². The highest BCUT2D eigenvalue weighted by atomic mass is 16.5. The molecule has 0 fully saturated rings. The lowest BCUT2D eigenvalue weighted by molar-refractivity contribution is 0.137. The molecular formula is C15H30N4O. The van der Waals surface area contributed by atoms with Crippen LogP contribution in [-0.4, -0.2) is 39.9 Å². The molecule has 0 aromatic carbocycles. The second-order valence-electron chi connectivity index (χ2n) is 6.12. The molecule has 1 heterocycles. The van der Waals surface area contributed by atoms with Crippen LogP contribution in [0.4, 0.5) is 5.69 Å². The van der Waals surface area contributed by atoms with Crippen molar-refractivity contribution < 1.29 is 4.74 Å². The number of aryl methyl sites for hydroxylation is 1. The van der Waals surface area contributed by atoms with Crippen LogP contribution in [0, 0.1) is 6.92 Å². The van der Waals surface area contributed by atoms with E-state index in [9.17, 15) is 0 Å². The van der Waals surface area contributed by atoms with E-state index in [2.05, 4.69) is 51.5 Å². The molecule has 0 bridgehead atoms. The van der Waals surface area contributed by atoms with Crippen molar-refractivity contribution in [2.75, 3.05) is 18.9 Å². The molecule has 0 aliphatic carbocycles. The number of nitrogens with zero attached hydrogens (tertiary/aromatic N) is 3. The quantitative estimate of drug-likeness (QED) is 0.835. The third-order valence-electron chi connectivity index (χ3n) is 3.49. The summed E-state index contributed by atoms with van der Waals surface area (Å²) in [7, 11) is 0. The zero-order chi connectivity index (χ0) is 15.4. The summed E-state index contributed by atoms with van der Waals surface area (Å²) >= 11 is 0. The highest BCUT2D eigenvalue weighted by Gasteiger charge is 2.18.